The molecule has 31 heavy (non-hydrogen) atoms. The third kappa shape index (κ3) is 5.58. The lowest BCUT2D eigenvalue weighted by Crippen LogP contribution is -2.34. The number of nitrogens with zero attached hydrogens (tertiary/aromatic N) is 2. The molecule has 164 valence electrons. The van der Waals surface area contributed by atoms with Gasteiger partial charge in [-0.15, -0.1) is 11.8 Å². The van der Waals surface area contributed by atoms with Crippen molar-refractivity contribution in [3.63, 3.8) is 0 Å². The van der Waals surface area contributed by atoms with E-state index in [1.807, 2.05) is 30.5 Å². The molecule has 0 radical (unpaired) electrons. The fourth-order valence-electron chi connectivity index (χ4n) is 3.66. The summed E-state index contributed by atoms with van der Waals surface area (Å²) in [6.45, 7) is 2.24. The zero-order chi connectivity index (χ0) is 22.4. The van der Waals surface area contributed by atoms with Gasteiger partial charge in [-0.3, -0.25) is 9.59 Å². The van der Waals surface area contributed by atoms with Crippen LogP contribution < -0.4 is 10.2 Å². The molecule has 8 heteroatoms. The number of phenolic OH excluding ortho intramolecular Hbond substituents is 1. The van der Waals surface area contributed by atoms with Crippen LogP contribution in [0.3, 0.4) is 0 Å². The van der Waals surface area contributed by atoms with Crippen LogP contribution in [-0.4, -0.2) is 46.7 Å². The Hall–Kier alpha value is -3.00. The largest absolute Gasteiger partial charge is 0.508 e. The highest BCUT2D eigenvalue weighted by Gasteiger charge is 2.45. The first kappa shape index (κ1) is 22.7. The number of nitrogens with one attached hydrogen (secondary N) is 1. The molecule has 1 heterocycles. The summed E-state index contributed by atoms with van der Waals surface area (Å²) in [5.74, 6) is -0.215. The second-order valence-corrected chi connectivity index (χ2v) is 8.33. The van der Waals surface area contributed by atoms with Crippen molar-refractivity contribution < 1.29 is 19.5 Å². The number of anilines is 1. The summed E-state index contributed by atoms with van der Waals surface area (Å²) in [7, 11) is 0. The predicted molar refractivity (Wildman–Crippen MR) is 121 cm³/mol. The zero-order valence-corrected chi connectivity index (χ0v) is 18.5. The van der Waals surface area contributed by atoms with Crippen LogP contribution in [0.15, 0.2) is 53.4 Å². The molecule has 1 saturated heterocycles. The number of aromatic hydroxyl groups is 1. The highest BCUT2D eigenvalue weighted by molar-refractivity contribution is 7.98. The Kier molecular flexibility index (Phi) is 7.57. The Bertz CT molecular complexity index is 965. The molecule has 1 atom stereocenters. The first-order chi connectivity index (χ1) is 14.9. The van der Waals surface area contributed by atoms with Crippen molar-refractivity contribution in [2.24, 2.45) is 0 Å². The molecule has 0 saturated carbocycles. The molecule has 2 N–H and O–H groups in total. The molecular formula is C23H27N3O4S. The van der Waals surface area contributed by atoms with Crippen molar-refractivity contribution in [2.75, 3.05) is 17.7 Å². The van der Waals surface area contributed by atoms with Crippen LogP contribution in [0.1, 0.15) is 31.7 Å². The number of hydrogen-bond acceptors (Lipinski definition) is 5. The number of carbonyl (C=O) groups is 3. The highest BCUT2D eigenvalue weighted by Crippen LogP contribution is 2.31. The molecule has 0 aliphatic carbocycles. The molecule has 0 aromatic heterocycles. The Balaban J connectivity index is 1.82. The van der Waals surface area contributed by atoms with Gasteiger partial charge in [-0.05, 0) is 61.4 Å². The lowest BCUT2D eigenvalue weighted by Gasteiger charge is -2.22. The molecule has 4 amide bonds. The molecule has 2 aromatic carbocycles. The van der Waals surface area contributed by atoms with Gasteiger partial charge in [0.05, 0.1) is 5.69 Å². The van der Waals surface area contributed by atoms with Crippen molar-refractivity contribution >= 4 is 35.3 Å². The summed E-state index contributed by atoms with van der Waals surface area (Å²) >= 11 is 1.55. The quantitative estimate of drug-likeness (QED) is 0.351. The van der Waals surface area contributed by atoms with Gasteiger partial charge in [0, 0.05) is 24.9 Å². The maximum Gasteiger partial charge on any atom is 0.332 e. The van der Waals surface area contributed by atoms with E-state index in [0.29, 0.717) is 25.1 Å². The summed E-state index contributed by atoms with van der Waals surface area (Å²) < 4.78 is 0. The molecule has 1 fully saturated rings. The lowest BCUT2D eigenvalue weighted by atomic mass is 10.1. The summed E-state index contributed by atoms with van der Waals surface area (Å²) in [5.41, 5.74) is 1.31. The fraction of sp³-hybridized carbons (Fsp3) is 0.348. The summed E-state index contributed by atoms with van der Waals surface area (Å²) in [4.78, 5) is 41.4. The Morgan fingerprint density at radius 2 is 1.90 bits per heavy atom. The molecule has 2 aromatic rings. The molecule has 0 unspecified atom stereocenters. The van der Waals surface area contributed by atoms with Gasteiger partial charge in [0.15, 0.2) is 0 Å². The number of phenols is 1. The monoisotopic (exact) mass is 441 g/mol. The van der Waals surface area contributed by atoms with Crippen LogP contribution in [0.4, 0.5) is 10.5 Å². The number of thioether (sulfide) groups is 1. The number of hydrogen-bond donors (Lipinski definition) is 2. The minimum atomic E-state index is -0.592. The van der Waals surface area contributed by atoms with Crippen molar-refractivity contribution in [1.82, 2.24) is 10.2 Å². The molecule has 3 rings (SSSR count). The number of urea groups is 1. The Morgan fingerprint density at radius 1 is 1.13 bits per heavy atom. The van der Waals surface area contributed by atoms with Crippen LogP contribution in [0.5, 0.6) is 5.75 Å². The Morgan fingerprint density at radius 3 is 2.61 bits per heavy atom. The van der Waals surface area contributed by atoms with E-state index in [2.05, 4.69) is 5.32 Å². The highest BCUT2D eigenvalue weighted by atomic mass is 32.2. The van der Waals surface area contributed by atoms with Gasteiger partial charge < -0.3 is 15.3 Å². The maximum atomic E-state index is 13.3. The zero-order valence-electron chi connectivity index (χ0n) is 17.7. The minimum absolute atomic E-state index is 0.0857. The molecule has 7 nitrogen and oxygen atoms in total. The molecular weight excluding hydrogens is 414 g/mol. The predicted octanol–water partition coefficient (Wildman–Crippen LogP) is 3.76. The van der Waals surface area contributed by atoms with Gasteiger partial charge in [-0.25, -0.2) is 9.69 Å². The normalized spacial score (nSPS) is 16.1. The third-order valence-corrected chi connectivity index (χ3v) is 5.90. The molecule has 0 bridgehead atoms. The van der Waals surface area contributed by atoms with E-state index in [1.54, 1.807) is 40.9 Å². The van der Waals surface area contributed by atoms with Gasteiger partial charge in [0.2, 0.25) is 5.91 Å². The second-order valence-electron chi connectivity index (χ2n) is 7.45. The van der Waals surface area contributed by atoms with E-state index in [-0.39, 0.29) is 30.1 Å². The van der Waals surface area contributed by atoms with Gasteiger partial charge in [0.25, 0.3) is 5.91 Å². The number of imide groups is 1. The second kappa shape index (κ2) is 10.3. The van der Waals surface area contributed by atoms with Crippen molar-refractivity contribution in [1.29, 1.82) is 0 Å². The van der Waals surface area contributed by atoms with E-state index in [4.69, 9.17) is 0 Å². The van der Waals surface area contributed by atoms with E-state index in [0.717, 1.165) is 16.9 Å². The topological polar surface area (TPSA) is 90.0 Å². The average Bonchev–Trinajstić information content (AvgIpc) is 2.97. The molecule has 1 aliphatic heterocycles. The number of rotatable bonds is 9. The van der Waals surface area contributed by atoms with Gasteiger partial charge >= 0.3 is 6.03 Å². The Labute approximate surface area is 186 Å². The molecule has 1 aliphatic rings. The van der Waals surface area contributed by atoms with Crippen molar-refractivity contribution in [3.05, 3.63) is 54.1 Å². The van der Waals surface area contributed by atoms with Crippen LogP contribution in [0, 0.1) is 0 Å². The standard InChI is InChI=1S/C23H27N3O4S/c1-16(27)24-12-4-3-11-21-22(29)26(18-8-6-10-20(14-18)31-2)23(30)25(21)15-17-7-5-9-19(28)13-17/h5-10,13-14,21,28H,3-4,11-12,15H2,1-2H3,(H,24,27)/t21-/m0/s1. The van der Waals surface area contributed by atoms with Crippen LogP contribution >= 0.6 is 11.8 Å². The SMILES string of the molecule is CSc1cccc(N2C(=O)[C@H](CCCCNC(C)=O)N(Cc3cccc(O)c3)C2=O)c1. The van der Waals surface area contributed by atoms with Crippen LogP contribution in [0.2, 0.25) is 0 Å². The fourth-order valence-corrected chi connectivity index (χ4v) is 4.11. The summed E-state index contributed by atoms with van der Waals surface area (Å²) in [6, 6.07) is 13.1. The lowest BCUT2D eigenvalue weighted by molar-refractivity contribution is -0.120. The minimum Gasteiger partial charge on any atom is -0.508 e. The van der Waals surface area contributed by atoms with Gasteiger partial charge in [-0.1, -0.05) is 18.2 Å². The average molecular weight is 442 g/mol. The number of unbranched alkanes of at least 4 members (excludes halogenated alkanes) is 1. The van der Waals surface area contributed by atoms with E-state index < -0.39 is 6.04 Å². The summed E-state index contributed by atoms with van der Waals surface area (Å²) in [5, 5.41) is 12.5. The van der Waals surface area contributed by atoms with Crippen molar-refractivity contribution in [3.8, 4) is 5.75 Å². The van der Waals surface area contributed by atoms with E-state index in [9.17, 15) is 19.5 Å². The third-order valence-electron chi connectivity index (χ3n) is 5.17. The number of amides is 4. The van der Waals surface area contributed by atoms with E-state index in [1.165, 1.54) is 11.8 Å². The smallest absolute Gasteiger partial charge is 0.332 e. The number of benzene rings is 2. The maximum absolute atomic E-state index is 13.3. The molecule has 0 spiro atoms. The van der Waals surface area contributed by atoms with Crippen molar-refractivity contribution in [2.45, 2.75) is 43.7 Å². The van der Waals surface area contributed by atoms with Crippen LogP contribution in [-0.2, 0) is 16.1 Å². The van der Waals surface area contributed by atoms with Crippen LogP contribution in [0.25, 0.3) is 0 Å². The first-order valence-electron chi connectivity index (χ1n) is 10.2. The first-order valence-corrected chi connectivity index (χ1v) is 11.4. The van der Waals surface area contributed by atoms with E-state index >= 15 is 0 Å². The summed E-state index contributed by atoms with van der Waals surface area (Å²) in [6.07, 6.45) is 3.86. The number of carbonyl (C=O) groups excluding carboxylic acids is 3. The van der Waals surface area contributed by atoms with Gasteiger partial charge in [0.1, 0.15) is 11.8 Å². The van der Waals surface area contributed by atoms with Gasteiger partial charge in [-0.2, -0.15) is 0 Å².